The standard InChI is InChI=1S/C14H12F2OS/c1-2-9-5-6-18-14(9)13(17)8-10-7-11(15)3-4-12(10)16/h3-7H,2,8H2,1H3. The number of carbonyl (C=O) groups excluding carboxylic acids is 1. The number of rotatable bonds is 4. The van der Waals surface area contributed by atoms with Gasteiger partial charge in [-0.25, -0.2) is 8.78 Å². The van der Waals surface area contributed by atoms with E-state index in [1.54, 1.807) is 0 Å². The van der Waals surface area contributed by atoms with Crippen LogP contribution in [0.3, 0.4) is 0 Å². The van der Waals surface area contributed by atoms with Crippen molar-refractivity contribution in [1.82, 2.24) is 0 Å². The number of thiophene rings is 1. The van der Waals surface area contributed by atoms with Crippen LogP contribution < -0.4 is 0 Å². The van der Waals surface area contributed by atoms with Crippen LogP contribution in [0.1, 0.15) is 27.7 Å². The van der Waals surface area contributed by atoms with Gasteiger partial charge < -0.3 is 0 Å². The lowest BCUT2D eigenvalue weighted by atomic mass is 10.0. The van der Waals surface area contributed by atoms with Gasteiger partial charge >= 0.3 is 0 Å². The molecule has 0 aliphatic rings. The Morgan fingerprint density at radius 1 is 1.22 bits per heavy atom. The number of aryl methyl sites for hydroxylation is 1. The molecule has 4 heteroatoms. The molecule has 0 aliphatic heterocycles. The molecule has 1 nitrogen and oxygen atoms in total. The normalized spacial score (nSPS) is 10.6. The number of hydrogen-bond donors (Lipinski definition) is 0. The van der Waals surface area contributed by atoms with Gasteiger partial charge in [0.15, 0.2) is 5.78 Å². The van der Waals surface area contributed by atoms with Gasteiger partial charge in [0.05, 0.1) is 4.88 Å². The highest BCUT2D eigenvalue weighted by atomic mass is 32.1. The molecule has 0 saturated carbocycles. The fourth-order valence-corrected chi connectivity index (χ4v) is 2.73. The first-order valence-electron chi connectivity index (χ1n) is 5.65. The summed E-state index contributed by atoms with van der Waals surface area (Å²) in [6.45, 7) is 1.96. The van der Waals surface area contributed by atoms with Crippen LogP contribution in [0.5, 0.6) is 0 Å². The molecule has 1 aromatic carbocycles. The lowest BCUT2D eigenvalue weighted by Crippen LogP contribution is -2.06. The van der Waals surface area contributed by atoms with Crippen molar-refractivity contribution in [2.45, 2.75) is 19.8 Å². The van der Waals surface area contributed by atoms with Crippen LogP contribution in [-0.4, -0.2) is 5.78 Å². The van der Waals surface area contributed by atoms with Gasteiger partial charge in [-0.05, 0) is 47.2 Å². The first kappa shape index (κ1) is 12.9. The van der Waals surface area contributed by atoms with Gasteiger partial charge in [0.25, 0.3) is 0 Å². The molecule has 0 radical (unpaired) electrons. The molecule has 0 atom stereocenters. The minimum Gasteiger partial charge on any atom is -0.293 e. The van der Waals surface area contributed by atoms with E-state index in [9.17, 15) is 13.6 Å². The molecule has 94 valence electrons. The highest BCUT2D eigenvalue weighted by Gasteiger charge is 2.15. The van der Waals surface area contributed by atoms with E-state index in [1.165, 1.54) is 11.3 Å². The van der Waals surface area contributed by atoms with Crippen LogP contribution in [0.25, 0.3) is 0 Å². The molecule has 0 fully saturated rings. The Hall–Kier alpha value is -1.55. The minimum atomic E-state index is -0.542. The maximum Gasteiger partial charge on any atom is 0.177 e. The average Bonchev–Trinajstić information content (AvgIpc) is 2.82. The molecular formula is C14H12F2OS. The van der Waals surface area contributed by atoms with Gasteiger partial charge in [-0.2, -0.15) is 0 Å². The highest BCUT2D eigenvalue weighted by molar-refractivity contribution is 7.12. The minimum absolute atomic E-state index is 0.100. The molecule has 0 unspecified atom stereocenters. The smallest absolute Gasteiger partial charge is 0.177 e. The van der Waals surface area contributed by atoms with Crippen LogP contribution in [0.15, 0.2) is 29.6 Å². The summed E-state index contributed by atoms with van der Waals surface area (Å²) in [6, 6.07) is 5.06. The molecule has 18 heavy (non-hydrogen) atoms. The molecular weight excluding hydrogens is 254 g/mol. The molecule has 0 saturated heterocycles. The lowest BCUT2D eigenvalue weighted by Gasteiger charge is -2.03. The number of Topliss-reactive ketones (excluding diaryl/α,β-unsaturated/α-hetero) is 1. The molecule has 2 rings (SSSR count). The molecule has 0 aliphatic carbocycles. The molecule has 0 bridgehead atoms. The van der Waals surface area contributed by atoms with Crippen LogP contribution in [0.2, 0.25) is 0 Å². The summed E-state index contributed by atoms with van der Waals surface area (Å²) in [7, 11) is 0. The van der Waals surface area contributed by atoms with Gasteiger partial charge in [-0.3, -0.25) is 4.79 Å². The third kappa shape index (κ3) is 2.64. The summed E-state index contributed by atoms with van der Waals surface area (Å²) in [6.07, 6.45) is 0.660. The Morgan fingerprint density at radius 3 is 2.72 bits per heavy atom. The summed E-state index contributed by atoms with van der Waals surface area (Å²) < 4.78 is 26.4. The summed E-state index contributed by atoms with van der Waals surface area (Å²) in [4.78, 5) is 12.7. The van der Waals surface area contributed by atoms with Gasteiger partial charge in [-0.1, -0.05) is 6.92 Å². The maximum atomic E-state index is 13.4. The van der Waals surface area contributed by atoms with Crippen molar-refractivity contribution in [1.29, 1.82) is 0 Å². The first-order chi connectivity index (χ1) is 8.61. The fraction of sp³-hybridized carbons (Fsp3) is 0.214. The van der Waals surface area contributed by atoms with E-state index in [0.29, 0.717) is 4.88 Å². The predicted molar refractivity (Wildman–Crippen MR) is 68.1 cm³/mol. The Morgan fingerprint density at radius 2 is 2.00 bits per heavy atom. The van der Waals surface area contributed by atoms with Gasteiger partial charge in [-0.15, -0.1) is 11.3 Å². The SMILES string of the molecule is CCc1ccsc1C(=O)Cc1cc(F)ccc1F. The van der Waals surface area contributed by atoms with Crippen LogP contribution in [0.4, 0.5) is 8.78 Å². The summed E-state index contributed by atoms with van der Waals surface area (Å²) >= 11 is 1.35. The number of halogens is 2. The number of hydrogen-bond acceptors (Lipinski definition) is 2. The molecule has 1 aromatic heterocycles. The second kappa shape index (κ2) is 5.40. The van der Waals surface area contributed by atoms with E-state index in [4.69, 9.17) is 0 Å². The van der Waals surface area contributed by atoms with Crippen molar-refractivity contribution < 1.29 is 13.6 Å². The van der Waals surface area contributed by atoms with Gasteiger partial charge in [0, 0.05) is 6.42 Å². The Kier molecular flexibility index (Phi) is 3.87. The quantitative estimate of drug-likeness (QED) is 0.764. The zero-order chi connectivity index (χ0) is 13.1. The van der Waals surface area contributed by atoms with E-state index in [0.717, 1.165) is 30.2 Å². The second-order valence-electron chi connectivity index (χ2n) is 3.96. The van der Waals surface area contributed by atoms with Crippen molar-refractivity contribution in [2.75, 3.05) is 0 Å². The summed E-state index contributed by atoms with van der Waals surface area (Å²) in [5.74, 6) is -1.23. The maximum absolute atomic E-state index is 13.4. The van der Waals surface area contributed by atoms with E-state index in [2.05, 4.69) is 0 Å². The lowest BCUT2D eigenvalue weighted by molar-refractivity contribution is 0.0995. The van der Waals surface area contributed by atoms with Crippen LogP contribution >= 0.6 is 11.3 Å². The Labute approximate surface area is 108 Å². The Bertz CT molecular complexity index is 575. The third-order valence-electron chi connectivity index (χ3n) is 2.74. The summed E-state index contributed by atoms with van der Waals surface area (Å²) in [5, 5.41) is 1.84. The molecule has 0 N–H and O–H groups in total. The van der Waals surface area contributed by atoms with Crippen LogP contribution in [0, 0.1) is 11.6 Å². The van der Waals surface area contributed by atoms with Crippen molar-refractivity contribution in [3.63, 3.8) is 0 Å². The molecule has 0 spiro atoms. The second-order valence-corrected chi connectivity index (χ2v) is 4.88. The third-order valence-corrected chi connectivity index (χ3v) is 3.74. The first-order valence-corrected chi connectivity index (χ1v) is 6.53. The van der Waals surface area contributed by atoms with E-state index >= 15 is 0 Å². The van der Waals surface area contributed by atoms with E-state index in [-0.39, 0.29) is 17.8 Å². The zero-order valence-corrected chi connectivity index (χ0v) is 10.7. The van der Waals surface area contributed by atoms with Gasteiger partial charge in [0.2, 0.25) is 0 Å². The number of ketones is 1. The van der Waals surface area contributed by atoms with Gasteiger partial charge in [0.1, 0.15) is 11.6 Å². The van der Waals surface area contributed by atoms with Crippen molar-refractivity contribution >= 4 is 17.1 Å². The molecule has 1 heterocycles. The van der Waals surface area contributed by atoms with E-state index in [1.807, 2.05) is 18.4 Å². The highest BCUT2D eigenvalue weighted by Crippen LogP contribution is 2.21. The molecule has 0 amide bonds. The largest absolute Gasteiger partial charge is 0.293 e. The van der Waals surface area contributed by atoms with Crippen LogP contribution in [-0.2, 0) is 12.8 Å². The van der Waals surface area contributed by atoms with Crippen molar-refractivity contribution in [2.24, 2.45) is 0 Å². The average molecular weight is 266 g/mol. The Balaban J connectivity index is 2.24. The summed E-state index contributed by atoms with van der Waals surface area (Å²) in [5.41, 5.74) is 1.07. The van der Waals surface area contributed by atoms with E-state index < -0.39 is 11.6 Å². The predicted octanol–water partition coefficient (Wildman–Crippen LogP) is 4.01. The van der Waals surface area contributed by atoms with Crippen molar-refractivity contribution in [3.05, 3.63) is 57.3 Å². The number of carbonyl (C=O) groups is 1. The zero-order valence-electron chi connectivity index (χ0n) is 9.87. The topological polar surface area (TPSA) is 17.1 Å². The number of benzene rings is 1. The fourth-order valence-electron chi connectivity index (χ4n) is 1.79. The van der Waals surface area contributed by atoms with Crippen molar-refractivity contribution in [3.8, 4) is 0 Å². The monoisotopic (exact) mass is 266 g/mol. The molecule has 2 aromatic rings.